The summed E-state index contributed by atoms with van der Waals surface area (Å²) >= 11 is 0. The number of hydrogen-bond donors (Lipinski definition) is 1. The fourth-order valence-electron chi connectivity index (χ4n) is 2.26. The fourth-order valence-corrected chi connectivity index (χ4v) is 2.26. The third kappa shape index (κ3) is 2.04. The minimum absolute atomic E-state index is 0.699. The molecule has 13 heavy (non-hydrogen) atoms. The molecule has 0 aromatic rings. The molecule has 0 radical (unpaired) electrons. The van der Waals surface area contributed by atoms with Crippen molar-refractivity contribution in [2.45, 2.75) is 25.8 Å². The molecule has 2 heteroatoms. The van der Waals surface area contributed by atoms with Crippen LogP contribution in [0, 0.1) is 17.8 Å². The number of rotatable bonds is 1. The van der Waals surface area contributed by atoms with Crippen molar-refractivity contribution < 1.29 is 0 Å². The minimum atomic E-state index is 0.699. The van der Waals surface area contributed by atoms with E-state index in [0.29, 0.717) is 5.92 Å². The van der Waals surface area contributed by atoms with Gasteiger partial charge in [-0.25, -0.2) is 0 Å². The molecule has 0 atom stereocenters. The van der Waals surface area contributed by atoms with Gasteiger partial charge in [0.25, 0.3) is 0 Å². The Morgan fingerprint density at radius 3 is 2.54 bits per heavy atom. The van der Waals surface area contributed by atoms with Crippen LogP contribution in [0.15, 0.2) is 0 Å². The van der Waals surface area contributed by atoms with Gasteiger partial charge in [0.15, 0.2) is 0 Å². The average Bonchev–Trinajstić information content (AvgIpc) is 2.12. The van der Waals surface area contributed by atoms with E-state index in [1.54, 1.807) is 0 Å². The van der Waals surface area contributed by atoms with E-state index in [1.165, 1.54) is 39.0 Å². The Kier molecular flexibility index (Phi) is 2.87. The topological polar surface area (TPSA) is 15.3 Å². The first kappa shape index (κ1) is 9.05. The van der Waals surface area contributed by atoms with E-state index in [2.05, 4.69) is 22.1 Å². The zero-order valence-electron chi connectivity index (χ0n) is 8.34. The van der Waals surface area contributed by atoms with Crippen molar-refractivity contribution in [2.75, 3.05) is 26.2 Å². The lowest BCUT2D eigenvalue weighted by molar-refractivity contribution is 0.0887. The smallest absolute Gasteiger partial charge is 0.0232 e. The van der Waals surface area contributed by atoms with Gasteiger partial charge >= 0.3 is 0 Å². The van der Waals surface area contributed by atoms with Crippen molar-refractivity contribution in [1.29, 1.82) is 0 Å². The van der Waals surface area contributed by atoms with Crippen LogP contribution in [-0.2, 0) is 0 Å². The highest BCUT2D eigenvalue weighted by molar-refractivity contribution is 5.08. The predicted octanol–water partition coefficient (Wildman–Crippen LogP) is 0.694. The van der Waals surface area contributed by atoms with E-state index >= 15 is 0 Å². The van der Waals surface area contributed by atoms with Crippen molar-refractivity contribution in [1.82, 2.24) is 10.2 Å². The van der Waals surface area contributed by atoms with Crippen molar-refractivity contribution >= 4 is 0 Å². The summed E-state index contributed by atoms with van der Waals surface area (Å²) in [6, 6.07) is 0.841. The number of nitrogens with zero attached hydrogens (tertiary/aromatic N) is 1. The molecule has 1 saturated carbocycles. The number of nitrogens with one attached hydrogen (secondary N) is 1. The summed E-state index contributed by atoms with van der Waals surface area (Å²) in [5.74, 6) is 6.97. The highest BCUT2D eigenvalue weighted by Crippen LogP contribution is 2.31. The maximum atomic E-state index is 3.38. The summed E-state index contributed by atoms with van der Waals surface area (Å²) in [6.45, 7) is 6.74. The Bertz CT molecular complexity index is 214. The van der Waals surface area contributed by atoms with Crippen LogP contribution in [0.4, 0.5) is 0 Å². The SMILES string of the molecule is CC#CC1CC(N2CCNCC2)C1. The van der Waals surface area contributed by atoms with Crippen LogP contribution in [0.3, 0.4) is 0 Å². The summed E-state index contributed by atoms with van der Waals surface area (Å²) in [5.41, 5.74) is 0. The lowest BCUT2D eigenvalue weighted by Gasteiger charge is -2.42. The van der Waals surface area contributed by atoms with Gasteiger partial charge in [-0.2, -0.15) is 0 Å². The predicted molar refractivity (Wildman–Crippen MR) is 54.4 cm³/mol. The molecular weight excluding hydrogens is 160 g/mol. The summed E-state index contributed by atoms with van der Waals surface area (Å²) in [6.07, 6.45) is 2.61. The second-order valence-corrected chi connectivity index (χ2v) is 4.00. The molecule has 0 bridgehead atoms. The standard InChI is InChI=1S/C11H18N2/c1-2-3-10-8-11(9-10)13-6-4-12-5-7-13/h10-12H,4-9H2,1H3. The lowest BCUT2D eigenvalue weighted by Crippen LogP contribution is -2.52. The Morgan fingerprint density at radius 1 is 1.23 bits per heavy atom. The molecule has 2 nitrogen and oxygen atoms in total. The summed E-state index contributed by atoms with van der Waals surface area (Å²) < 4.78 is 0. The van der Waals surface area contributed by atoms with Crippen molar-refractivity contribution in [2.24, 2.45) is 5.92 Å². The second-order valence-electron chi connectivity index (χ2n) is 4.00. The van der Waals surface area contributed by atoms with Crippen molar-refractivity contribution in [3.8, 4) is 11.8 Å². The van der Waals surface area contributed by atoms with E-state index in [0.717, 1.165) is 6.04 Å². The molecule has 1 heterocycles. The first-order valence-corrected chi connectivity index (χ1v) is 5.27. The van der Waals surface area contributed by atoms with E-state index < -0.39 is 0 Å². The molecule has 1 N–H and O–H groups in total. The summed E-state index contributed by atoms with van der Waals surface area (Å²) in [5, 5.41) is 3.38. The third-order valence-corrected chi connectivity index (χ3v) is 3.13. The summed E-state index contributed by atoms with van der Waals surface area (Å²) in [7, 11) is 0. The molecule has 2 rings (SSSR count). The molecule has 1 aliphatic heterocycles. The van der Waals surface area contributed by atoms with Crippen molar-refractivity contribution in [3.05, 3.63) is 0 Å². The first-order chi connectivity index (χ1) is 6.40. The number of hydrogen-bond acceptors (Lipinski definition) is 2. The van der Waals surface area contributed by atoms with Crippen LogP contribution in [0.5, 0.6) is 0 Å². The maximum absolute atomic E-state index is 3.38. The number of piperazine rings is 1. The van der Waals surface area contributed by atoms with Gasteiger partial charge in [0.2, 0.25) is 0 Å². The molecule has 0 spiro atoms. The lowest BCUT2D eigenvalue weighted by atomic mass is 9.79. The van der Waals surface area contributed by atoms with Crippen LogP contribution in [-0.4, -0.2) is 37.1 Å². The third-order valence-electron chi connectivity index (χ3n) is 3.13. The fraction of sp³-hybridized carbons (Fsp3) is 0.818. The van der Waals surface area contributed by atoms with Gasteiger partial charge < -0.3 is 5.32 Å². The van der Waals surface area contributed by atoms with E-state index in [-0.39, 0.29) is 0 Å². The van der Waals surface area contributed by atoms with Crippen LogP contribution in [0.2, 0.25) is 0 Å². The Morgan fingerprint density at radius 2 is 1.92 bits per heavy atom. The largest absolute Gasteiger partial charge is 0.314 e. The van der Waals surface area contributed by atoms with Gasteiger partial charge in [-0.3, -0.25) is 4.90 Å². The zero-order chi connectivity index (χ0) is 9.10. The Labute approximate surface area is 80.7 Å². The van der Waals surface area contributed by atoms with Gasteiger partial charge in [0.1, 0.15) is 0 Å². The monoisotopic (exact) mass is 178 g/mol. The van der Waals surface area contributed by atoms with E-state index in [1.807, 2.05) is 6.92 Å². The molecule has 1 aliphatic carbocycles. The van der Waals surface area contributed by atoms with Crippen LogP contribution < -0.4 is 5.32 Å². The molecule has 1 saturated heterocycles. The molecular formula is C11H18N2. The molecule has 0 unspecified atom stereocenters. The Hall–Kier alpha value is -0.520. The molecule has 2 fully saturated rings. The quantitative estimate of drug-likeness (QED) is 0.594. The van der Waals surface area contributed by atoms with E-state index in [4.69, 9.17) is 0 Å². The second kappa shape index (κ2) is 4.13. The Balaban J connectivity index is 1.74. The van der Waals surface area contributed by atoms with Crippen molar-refractivity contribution in [3.63, 3.8) is 0 Å². The molecule has 2 aliphatic rings. The normalized spacial score (nSPS) is 34.5. The van der Waals surface area contributed by atoms with Gasteiger partial charge in [-0.05, 0) is 19.8 Å². The minimum Gasteiger partial charge on any atom is -0.314 e. The molecule has 0 aromatic heterocycles. The van der Waals surface area contributed by atoms with Gasteiger partial charge in [-0.1, -0.05) is 0 Å². The van der Waals surface area contributed by atoms with Crippen LogP contribution >= 0.6 is 0 Å². The zero-order valence-corrected chi connectivity index (χ0v) is 8.34. The first-order valence-electron chi connectivity index (χ1n) is 5.27. The van der Waals surface area contributed by atoms with Crippen LogP contribution in [0.1, 0.15) is 19.8 Å². The van der Waals surface area contributed by atoms with Gasteiger partial charge in [0, 0.05) is 38.1 Å². The summed E-state index contributed by atoms with van der Waals surface area (Å²) in [4.78, 5) is 2.62. The average molecular weight is 178 g/mol. The van der Waals surface area contributed by atoms with Gasteiger partial charge in [-0.15, -0.1) is 11.8 Å². The highest BCUT2D eigenvalue weighted by Gasteiger charge is 2.32. The van der Waals surface area contributed by atoms with Crippen LogP contribution in [0.25, 0.3) is 0 Å². The molecule has 0 amide bonds. The molecule has 72 valence electrons. The molecule has 0 aromatic carbocycles. The van der Waals surface area contributed by atoms with E-state index in [9.17, 15) is 0 Å². The maximum Gasteiger partial charge on any atom is 0.0232 e. The highest BCUT2D eigenvalue weighted by atomic mass is 15.2. The van der Waals surface area contributed by atoms with Gasteiger partial charge in [0.05, 0.1) is 0 Å².